The largest absolute Gasteiger partial charge is 0.383 e. The van der Waals surface area contributed by atoms with Gasteiger partial charge in [0.05, 0.1) is 36.2 Å². The number of halogens is 2. The van der Waals surface area contributed by atoms with Gasteiger partial charge in [-0.2, -0.15) is 10.2 Å². The van der Waals surface area contributed by atoms with E-state index in [0.717, 1.165) is 11.3 Å². The summed E-state index contributed by atoms with van der Waals surface area (Å²) in [6, 6.07) is 7.01. The monoisotopic (exact) mass is 396 g/mol. The van der Waals surface area contributed by atoms with E-state index in [2.05, 4.69) is 25.5 Å². The number of imidazole rings is 1. The maximum Gasteiger partial charge on any atom is 0.268 e. The van der Waals surface area contributed by atoms with Gasteiger partial charge in [-0.15, -0.1) is 0 Å². The van der Waals surface area contributed by atoms with Gasteiger partial charge in [-0.05, 0) is 18.2 Å². The summed E-state index contributed by atoms with van der Waals surface area (Å²) < 4.78 is 31.5. The van der Waals surface area contributed by atoms with Crippen molar-refractivity contribution in [2.24, 2.45) is 7.05 Å². The first-order valence-corrected chi connectivity index (χ1v) is 9.11. The van der Waals surface area contributed by atoms with Crippen molar-refractivity contribution in [2.75, 3.05) is 18.8 Å². The highest BCUT2D eigenvalue weighted by atomic mass is 19.3. The van der Waals surface area contributed by atoms with Gasteiger partial charge in [0.2, 0.25) is 0 Å². The molecule has 1 unspecified atom stereocenters. The lowest BCUT2D eigenvalue weighted by atomic mass is 9.95. The van der Waals surface area contributed by atoms with Crippen LogP contribution in [0.3, 0.4) is 0 Å². The number of fused-ring (bicyclic) bond motifs is 1. The van der Waals surface area contributed by atoms with E-state index in [1.165, 1.54) is 0 Å². The molecule has 1 atom stereocenters. The molecule has 1 aliphatic heterocycles. The van der Waals surface area contributed by atoms with Gasteiger partial charge in [-0.25, -0.2) is 23.3 Å². The summed E-state index contributed by atoms with van der Waals surface area (Å²) in [6.07, 6.45) is 5.24. The third-order valence-corrected chi connectivity index (χ3v) is 5.18. The molecule has 0 radical (unpaired) electrons. The number of rotatable bonds is 3. The van der Waals surface area contributed by atoms with Crippen LogP contribution in [0.15, 0.2) is 42.9 Å². The molecule has 10 heteroatoms. The van der Waals surface area contributed by atoms with Crippen LogP contribution < -0.4 is 11.1 Å². The predicted molar refractivity (Wildman–Crippen MR) is 103 cm³/mol. The Morgan fingerprint density at radius 3 is 2.69 bits per heavy atom. The molecule has 0 aromatic carbocycles. The molecule has 5 heterocycles. The maximum atomic E-state index is 14.1. The molecule has 1 saturated heterocycles. The number of alkyl halides is 2. The molecular weight excluding hydrogens is 378 g/mol. The number of pyridine rings is 1. The molecule has 8 nitrogen and oxygen atoms in total. The average Bonchev–Trinajstić information content (AvgIpc) is 3.39. The second kappa shape index (κ2) is 6.31. The molecule has 0 saturated carbocycles. The van der Waals surface area contributed by atoms with Crippen LogP contribution in [0.25, 0.3) is 28.3 Å². The van der Waals surface area contributed by atoms with Crippen molar-refractivity contribution in [1.82, 2.24) is 34.7 Å². The molecule has 1 fully saturated rings. The second-order valence-corrected chi connectivity index (χ2v) is 7.15. The van der Waals surface area contributed by atoms with E-state index in [1.54, 1.807) is 33.7 Å². The topological polar surface area (TPSA) is 99.0 Å². The predicted octanol–water partition coefficient (Wildman–Crippen LogP) is 2.10. The number of nitrogens with zero attached hydrogens (tertiary/aromatic N) is 6. The Morgan fingerprint density at radius 2 is 2.00 bits per heavy atom. The quantitative estimate of drug-likeness (QED) is 0.550. The van der Waals surface area contributed by atoms with E-state index in [9.17, 15) is 8.78 Å². The number of aryl methyl sites for hydroxylation is 1. The zero-order valence-electron chi connectivity index (χ0n) is 15.5. The molecule has 5 rings (SSSR count). The summed E-state index contributed by atoms with van der Waals surface area (Å²) in [7, 11) is 1.84. The highest BCUT2D eigenvalue weighted by molar-refractivity contribution is 5.65. The molecule has 0 aliphatic carbocycles. The van der Waals surface area contributed by atoms with Crippen LogP contribution >= 0.6 is 0 Å². The third-order valence-electron chi connectivity index (χ3n) is 5.18. The van der Waals surface area contributed by atoms with Crippen molar-refractivity contribution in [1.29, 1.82) is 0 Å². The van der Waals surface area contributed by atoms with E-state index < -0.39 is 11.8 Å². The van der Waals surface area contributed by atoms with Crippen LogP contribution in [-0.4, -0.2) is 48.4 Å². The lowest BCUT2D eigenvalue weighted by Gasteiger charge is -2.19. The number of hydrogen-bond donors (Lipinski definition) is 2. The Balaban J connectivity index is 1.56. The molecular formula is C19H18F2N8. The SMILES string of the molecule is Cn1cc(-c2ccc3ncc(-c4ccc(C5CNCC5(F)F)c(N)n4)n3n2)cn1. The molecule has 148 valence electrons. The molecule has 29 heavy (non-hydrogen) atoms. The molecule has 4 aromatic heterocycles. The van der Waals surface area contributed by atoms with Crippen LogP contribution in [0.1, 0.15) is 11.5 Å². The van der Waals surface area contributed by atoms with Gasteiger partial charge in [-0.3, -0.25) is 4.68 Å². The van der Waals surface area contributed by atoms with Crippen LogP contribution in [0.2, 0.25) is 0 Å². The van der Waals surface area contributed by atoms with Gasteiger partial charge in [0.1, 0.15) is 11.5 Å². The third kappa shape index (κ3) is 2.92. The summed E-state index contributed by atoms with van der Waals surface area (Å²) in [5.74, 6) is -3.74. The first kappa shape index (κ1) is 17.7. The fraction of sp³-hybridized carbons (Fsp3) is 0.263. The minimum atomic E-state index is -2.85. The van der Waals surface area contributed by atoms with Crippen molar-refractivity contribution < 1.29 is 8.78 Å². The van der Waals surface area contributed by atoms with Gasteiger partial charge in [0.25, 0.3) is 5.92 Å². The average molecular weight is 396 g/mol. The van der Waals surface area contributed by atoms with Crippen molar-refractivity contribution in [2.45, 2.75) is 11.8 Å². The van der Waals surface area contributed by atoms with Crippen LogP contribution in [0, 0.1) is 0 Å². The van der Waals surface area contributed by atoms with E-state index in [1.807, 2.05) is 25.4 Å². The molecule has 0 amide bonds. The Bertz CT molecular complexity index is 1210. The Labute approximate surface area is 164 Å². The summed E-state index contributed by atoms with van der Waals surface area (Å²) >= 11 is 0. The minimum absolute atomic E-state index is 0.0919. The zero-order valence-corrected chi connectivity index (χ0v) is 15.5. The van der Waals surface area contributed by atoms with Gasteiger partial charge in [0.15, 0.2) is 5.65 Å². The van der Waals surface area contributed by atoms with Crippen LogP contribution in [-0.2, 0) is 7.05 Å². The Hall–Kier alpha value is -3.40. The van der Waals surface area contributed by atoms with Crippen molar-refractivity contribution in [3.05, 3.63) is 48.4 Å². The fourth-order valence-electron chi connectivity index (χ4n) is 3.67. The summed E-state index contributed by atoms with van der Waals surface area (Å²) in [5, 5.41) is 11.5. The number of nitrogens with one attached hydrogen (secondary N) is 1. The standard InChI is InChI=1S/C19H18F2N8/c1-28-9-11(6-25-28)14-4-5-17-24-8-16(29(17)27-14)15-3-2-12(18(22)26-15)13-7-23-10-19(13,20)21/h2-6,8-9,13,23H,7,10H2,1H3,(H2,22,26). The smallest absolute Gasteiger partial charge is 0.268 e. The first-order valence-electron chi connectivity index (χ1n) is 9.11. The summed E-state index contributed by atoms with van der Waals surface area (Å²) in [4.78, 5) is 8.74. The normalized spacial score (nSPS) is 18.5. The first-order chi connectivity index (χ1) is 13.9. The number of anilines is 1. The van der Waals surface area contributed by atoms with Crippen LogP contribution in [0.4, 0.5) is 14.6 Å². The van der Waals surface area contributed by atoms with Gasteiger partial charge < -0.3 is 11.1 Å². The van der Waals surface area contributed by atoms with Crippen molar-refractivity contribution in [3.63, 3.8) is 0 Å². The number of aromatic nitrogens is 6. The molecule has 4 aromatic rings. The maximum absolute atomic E-state index is 14.1. The second-order valence-electron chi connectivity index (χ2n) is 7.15. The zero-order chi connectivity index (χ0) is 20.2. The van der Waals surface area contributed by atoms with E-state index in [4.69, 9.17) is 5.73 Å². The molecule has 0 spiro atoms. The molecule has 3 N–H and O–H groups in total. The fourth-order valence-corrected chi connectivity index (χ4v) is 3.67. The Morgan fingerprint density at radius 1 is 1.17 bits per heavy atom. The Kier molecular flexibility index (Phi) is 3.85. The highest BCUT2D eigenvalue weighted by Gasteiger charge is 2.45. The van der Waals surface area contributed by atoms with Crippen LogP contribution in [0.5, 0.6) is 0 Å². The van der Waals surface area contributed by atoms with E-state index in [0.29, 0.717) is 22.6 Å². The van der Waals surface area contributed by atoms with Gasteiger partial charge in [0, 0.05) is 30.9 Å². The van der Waals surface area contributed by atoms with Crippen molar-refractivity contribution in [3.8, 4) is 22.6 Å². The lowest BCUT2D eigenvalue weighted by molar-refractivity contribution is 0.00588. The van der Waals surface area contributed by atoms with Gasteiger partial charge >= 0.3 is 0 Å². The van der Waals surface area contributed by atoms with E-state index in [-0.39, 0.29) is 18.9 Å². The number of nitrogens with two attached hydrogens (primary N) is 1. The highest BCUT2D eigenvalue weighted by Crippen LogP contribution is 2.38. The molecule has 1 aliphatic rings. The summed E-state index contributed by atoms with van der Waals surface area (Å²) in [5.41, 5.74) is 9.79. The van der Waals surface area contributed by atoms with Crippen molar-refractivity contribution >= 4 is 11.5 Å². The lowest BCUT2D eigenvalue weighted by Crippen LogP contribution is -2.26. The van der Waals surface area contributed by atoms with E-state index >= 15 is 0 Å². The number of nitrogen functional groups attached to an aromatic ring is 1. The summed E-state index contributed by atoms with van der Waals surface area (Å²) in [6.45, 7) is -0.184. The minimum Gasteiger partial charge on any atom is -0.383 e. The number of hydrogen-bond acceptors (Lipinski definition) is 6. The van der Waals surface area contributed by atoms with Gasteiger partial charge in [-0.1, -0.05) is 6.07 Å². The molecule has 0 bridgehead atoms.